The van der Waals surface area contributed by atoms with Crippen molar-refractivity contribution in [3.8, 4) is 0 Å². The van der Waals surface area contributed by atoms with E-state index in [1.165, 1.54) is 23.9 Å². The molecule has 5 nitrogen and oxygen atoms in total. The summed E-state index contributed by atoms with van der Waals surface area (Å²) in [5, 5.41) is 8.97. The van der Waals surface area contributed by atoms with E-state index in [1.54, 1.807) is 19.1 Å². The molecule has 20 heavy (non-hydrogen) atoms. The summed E-state index contributed by atoms with van der Waals surface area (Å²) < 4.78 is 13.0. The van der Waals surface area contributed by atoms with Crippen LogP contribution in [0.25, 0.3) is 0 Å². The Kier molecular flexibility index (Phi) is 4.19. The van der Waals surface area contributed by atoms with E-state index in [0.29, 0.717) is 17.3 Å². The number of nitrogens with two attached hydrogens (primary N) is 1. The van der Waals surface area contributed by atoms with Gasteiger partial charge in [-0.25, -0.2) is 19.2 Å². The Hall–Kier alpha value is -2.15. The van der Waals surface area contributed by atoms with Gasteiger partial charge in [-0.2, -0.15) is 0 Å². The second kappa shape index (κ2) is 5.87. The standard InChI is InChI=1S/C13H12FN3O2S/c1-7-11(13(18)19)12(15)17-10(16-7)6-20-9-4-2-3-8(14)5-9/h2-5H,6H2,1H3,(H,18,19)(H2,15,16,17). The van der Waals surface area contributed by atoms with Crippen LogP contribution >= 0.6 is 11.8 Å². The smallest absolute Gasteiger partial charge is 0.341 e. The first-order chi connectivity index (χ1) is 9.47. The number of carboxylic acid groups (broad SMARTS) is 1. The summed E-state index contributed by atoms with van der Waals surface area (Å²) in [5.41, 5.74) is 5.86. The summed E-state index contributed by atoms with van der Waals surface area (Å²) in [6.45, 7) is 1.57. The Balaban J connectivity index is 2.17. The highest BCUT2D eigenvalue weighted by atomic mass is 32.2. The van der Waals surface area contributed by atoms with Crippen molar-refractivity contribution in [2.75, 3.05) is 5.73 Å². The molecule has 2 aromatic rings. The number of aryl methyl sites for hydroxylation is 1. The van der Waals surface area contributed by atoms with Crippen molar-refractivity contribution < 1.29 is 14.3 Å². The van der Waals surface area contributed by atoms with Gasteiger partial charge in [0, 0.05) is 4.90 Å². The third kappa shape index (κ3) is 3.24. The number of carbonyl (C=O) groups is 1. The molecule has 1 heterocycles. The Morgan fingerprint density at radius 3 is 2.80 bits per heavy atom. The second-order valence-corrected chi connectivity index (χ2v) is 5.09. The molecule has 0 radical (unpaired) electrons. The number of thioether (sulfide) groups is 1. The van der Waals surface area contributed by atoms with Crippen LogP contribution in [0.4, 0.5) is 10.2 Å². The molecule has 0 saturated carbocycles. The molecule has 0 atom stereocenters. The summed E-state index contributed by atoms with van der Waals surface area (Å²) in [6.07, 6.45) is 0. The number of halogens is 1. The maximum Gasteiger partial charge on any atom is 0.341 e. The molecular weight excluding hydrogens is 281 g/mol. The molecule has 1 aromatic carbocycles. The van der Waals surface area contributed by atoms with Crippen molar-refractivity contribution >= 4 is 23.5 Å². The minimum Gasteiger partial charge on any atom is -0.477 e. The highest BCUT2D eigenvalue weighted by Gasteiger charge is 2.15. The average Bonchev–Trinajstić information content (AvgIpc) is 2.35. The zero-order chi connectivity index (χ0) is 14.7. The summed E-state index contributed by atoms with van der Waals surface area (Å²) in [4.78, 5) is 19.8. The molecule has 0 unspecified atom stereocenters. The van der Waals surface area contributed by atoms with Crippen molar-refractivity contribution in [2.24, 2.45) is 0 Å². The minimum atomic E-state index is -1.15. The van der Waals surface area contributed by atoms with Gasteiger partial charge in [0.15, 0.2) is 0 Å². The van der Waals surface area contributed by atoms with Crippen molar-refractivity contribution in [3.63, 3.8) is 0 Å². The summed E-state index contributed by atoms with van der Waals surface area (Å²) in [6, 6.07) is 6.16. The fourth-order valence-corrected chi connectivity index (χ4v) is 2.48. The maximum atomic E-state index is 13.0. The molecule has 0 saturated heterocycles. The van der Waals surface area contributed by atoms with Crippen LogP contribution in [0.5, 0.6) is 0 Å². The molecule has 0 aliphatic carbocycles. The number of hydrogen-bond donors (Lipinski definition) is 2. The molecule has 0 aliphatic heterocycles. The predicted octanol–water partition coefficient (Wildman–Crippen LogP) is 2.50. The topological polar surface area (TPSA) is 89.1 Å². The molecular formula is C13H12FN3O2S. The lowest BCUT2D eigenvalue weighted by Crippen LogP contribution is -2.11. The number of nitrogens with zero attached hydrogens (tertiary/aromatic N) is 2. The molecule has 0 fully saturated rings. The van der Waals surface area contributed by atoms with Crippen LogP contribution < -0.4 is 5.73 Å². The van der Waals surface area contributed by atoms with Crippen LogP contribution in [0.15, 0.2) is 29.2 Å². The van der Waals surface area contributed by atoms with Crippen LogP contribution in [0, 0.1) is 12.7 Å². The highest BCUT2D eigenvalue weighted by Crippen LogP contribution is 2.23. The number of aromatic carboxylic acids is 1. The van der Waals surface area contributed by atoms with E-state index in [2.05, 4.69) is 9.97 Å². The van der Waals surface area contributed by atoms with Crippen LogP contribution in [-0.2, 0) is 5.75 Å². The van der Waals surface area contributed by atoms with Crippen LogP contribution in [0.1, 0.15) is 21.9 Å². The Bertz CT molecular complexity index is 641. The van der Waals surface area contributed by atoms with E-state index in [4.69, 9.17) is 10.8 Å². The third-order valence-corrected chi connectivity index (χ3v) is 3.53. The van der Waals surface area contributed by atoms with Gasteiger partial charge in [0.1, 0.15) is 23.0 Å². The zero-order valence-electron chi connectivity index (χ0n) is 10.6. The van der Waals surface area contributed by atoms with Gasteiger partial charge in [0.05, 0.1) is 11.4 Å². The lowest BCUT2D eigenvalue weighted by Gasteiger charge is -2.07. The average molecular weight is 293 g/mol. The largest absolute Gasteiger partial charge is 0.477 e. The molecule has 1 aromatic heterocycles. The first-order valence-corrected chi connectivity index (χ1v) is 6.70. The molecule has 7 heteroatoms. The van der Waals surface area contributed by atoms with Crippen LogP contribution in [0.2, 0.25) is 0 Å². The van der Waals surface area contributed by atoms with Crippen molar-refractivity contribution in [1.29, 1.82) is 0 Å². The van der Waals surface area contributed by atoms with E-state index in [-0.39, 0.29) is 17.2 Å². The normalized spacial score (nSPS) is 10.5. The van der Waals surface area contributed by atoms with Crippen LogP contribution in [-0.4, -0.2) is 21.0 Å². The van der Waals surface area contributed by atoms with Gasteiger partial charge >= 0.3 is 5.97 Å². The molecule has 0 aliphatic rings. The summed E-state index contributed by atoms with van der Waals surface area (Å²) in [5.74, 6) is -0.717. The number of nitrogen functional groups attached to an aromatic ring is 1. The molecule has 104 valence electrons. The van der Waals surface area contributed by atoms with E-state index in [0.717, 1.165) is 4.90 Å². The first kappa shape index (κ1) is 14.3. The second-order valence-electron chi connectivity index (χ2n) is 4.04. The van der Waals surface area contributed by atoms with Crippen LogP contribution in [0.3, 0.4) is 0 Å². The zero-order valence-corrected chi connectivity index (χ0v) is 11.4. The number of rotatable bonds is 4. The number of hydrogen-bond acceptors (Lipinski definition) is 5. The Morgan fingerprint density at radius 1 is 1.45 bits per heavy atom. The lowest BCUT2D eigenvalue weighted by molar-refractivity contribution is 0.0696. The van der Waals surface area contributed by atoms with Gasteiger partial charge in [-0.15, -0.1) is 11.8 Å². The van der Waals surface area contributed by atoms with Crippen molar-refractivity contribution in [2.45, 2.75) is 17.6 Å². The van der Waals surface area contributed by atoms with Gasteiger partial charge in [0.2, 0.25) is 0 Å². The fourth-order valence-electron chi connectivity index (χ4n) is 1.69. The van der Waals surface area contributed by atoms with Crippen molar-refractivity contribution in [3.05, 3.63) is 47.2 Å². The SMILES string of the molecule is Cc1nc(CSc2cccc(F)c2)nc(N)c1C(=O)O. The van der Waals surface area contributed by atoms with E-state index >= 15 is 0 Å². The first-order valence-electron chi connectivity index (χ1n) is 5.72. The van der Waals surface area contributed by atoms with Crippen molar-refractivity contribution in [1.82, 2.24) is 9.97 Å². The Morgan fingerprint density at radius 2 is 2.20 bits per heavy atom. The lowest BCUT2D eigenvalue weighted by atomic mass is 10.2. The Labute approximate surface area is 119 Å². The summed E-state index contributed by atoms with van der Waals surface area (Å²) >= 11 is 1.35. The predicted molar refractivity (Wildman–Crippen MR) is 74.1 cm³/mol. The molecule has 3 N–H and O–H groups in total. The van der Waals surface area contributed by atoms with Gasteiger partial charge in [0.25, 0.3) is 0 Å². The molecule has 0 bridgehead atoms. The number of anilines is 1. The molecule has 2 rings (SSSR count). The summed E-state index contributed by atoms with van der Waals surface area (Å²) in [7, 11) is 0. The monoisotopic (exact) mass is 293 g/mol. The maximum absolute atomic E-state index is 13.0. The van der Waals surface area contributed by atoms with E-state index in [9.17, 15) is 9.18 Å². The number of benzene rings is 1. The van der Waals surface area contributed by atoms with Gasteiger partial charge in [-0.1, -0.05) is 6.07 Å². The number of carboxylic acids is 1. The minimum absolute atomic E-state index is 0.0557. The molecule has 0 amide bonds. The quantitative estimate of drug-likeness (QED) is 0.842. The molecule has 0 spiro atoms. The van der Waals surface area contributed by atoms with Gasteiger partial charge in [-0.3, -0.25) is 0 Å². The fraction of sp³-hybridized carbons (Fsp3) is 0.154. The van der Waals surface area contributed by atoms with E-state index in [1.807, 2.05) is 0 Å². The highest BCUT2D eigenvalue weighted by molar-refractivity contribution is 7.98. The van der Waals surface area contributed by atoms with Gasteiger partial charge in [-0.05, 0) is 25.1 Å². The van der Waals surface area contributed by atoms with Gasteiger partial charge < -0.3 is 10.8 Å². The van der Waals surface area contributed by atoms with E-state index < -0.39 is 5.97 Å². The third-order valence-electron chi connectivity index (χ3n) is 2.54. The number of aromatic nitrogens is 2.